The molecule has 0 aliphatic heterocycles. The van der Waals surface area contributed by atoms with E-state index in [1.165, 1.54) is 4.52 Å². The number of aromatic nitrogens is 4. The van der Waals surface area contributed by atoms with E-state index in [9.17, 15) is 18.0 Å². The standard InChI is InChI=1S/C15H19ClN2O3S.C7H7N5O/c1-3-12-10-11-6-4-7-13(16)14(11)15(19)18(12)9-5-8-17-22(2,20)21;8-5-4(6(9)13)7-10-2-1-3-12(7)11-5/h4,6-7,10,17H,3,5,8-9H2,1-2H3;1-3H,(H2,8,11)(H2,9,13). The fourth-order valence-corrected chi connectivity index (χ4v) is 4.36. The summed E-state index contributed by atoms with van der Waals surface area (Å²) < 4.78 is 27.6. The first-order valence-corrected chi connectivity index (χ1v) is 12.9. The molecule has 0 aliphatic rings. The van der Waals surface area contributed by atoms with Crippen LogP contribution in [0.3, 0.4) is 0 Å². The number of sulfonamides is 1. The number of halogens is 1. The zero-order chi connectivity index (χ0) is 25.8. The van der Waals surface area contributed by atoms with Crippen LogP contribution in [0.25, 0.3) is 16.4 Å². The Labute approximate surface area is 206 Å². The zero-order valence-electron chi connectivity index (χ0n) is 19.2. The Bertz CT molecular complexity index is 1550. The molecule has 1 amide bonds. The molecule has 186 valence electrons. The molecule has 0 atom stereocenters. The minimum atomic E-state index is -3.20. The highest BCUT2D eigenvalue weighted by atomic mass is 35.5. The van der Waals surface area contributed by atoms with Gasteiger partial charge < -0.3 is 16.0 Å². The summed E-state index contributed by atoms with van der Waals surface area (Å²) in [6.45, 7) is 2.73. The second kappa shape index (κ2) is 10.8. The quantitative estimate of drug-likeness (QED) is 0.311. The van der Waals surface area contributed by atoms with Crippen molar-refractivity contribution >= 4 is 49.8 Å². The first-order chi connectivity index (χ1) is 16.5. The number of nitrogen functional groups attached to an aromatic ring is 1. The molecule has 4 aromatic rings. The van der Waals surface area contributed by atoms with Crippen LogP contribution in [0.1, 0.15) is 29.4 Å². The largest absolute Gasteiger partial charge is 0.381 e. The second-order valence-corrected chi connectivity index (χ2v) is 9.92. The van der Waals surface area contributed by atoms with Gasteiger partial charge in [-0.1, -0.05) is 30.7 Å². The number of aryl methyl sites for hydroxylation is 1. The zero-order valence-corrected chi connectivity index (χ0v) is 20.8. The van der Waals surface area contributed by atoms with E-state index in [-0.39, 0.29) is 16.9 Å². The lowest BCUT2D eigenvalue weighted by atomic mass is 10.1. The molecule has 1 aromatic carbocycles. The topological polar surface area (TPSA) is 167 Å². The van der Waals surface area contributed by atoms with Gasteiger partial charge in [0.2, 0.25) is 10.0 Å². The van der Waals surface area contributed by atoms with Gasteiger partial charge in [-0.05, 0) is 36.4 Å². The van der Waals surface area contributed by atoms with Crippen molar-refractivity contribution in [1.29, 1.82) is 0 Å². The average molecular weight is 520 g/mol. The SMILES string of the molecule is CCc1cc2cccc(Cl)c2c(=O)n1CCCNS(C)(=O)=O.NC(=O)c1c(N)nn2cccnc12. The second-order valence-electron chi connectivity index (χ2n) is 7.68. The third-order valence-electron chi connectivity index (χ3n) is 5.13. The highest BCUT2D eigenvalue weighted by Gasteiger charge is 2.15. The average Bonchev–Trinajstić information content (AvgIpc) is 3.13. The van der Waals surface area contributed by atoms with E-state index in [1.54, 1.807) is 29.1 Å². The summed E-state index contributed by atoms with van der Waals surface area (Å²) in [6, 6.07) is 9.05. The Morgan fingerprint density at radius 2 is 2.00 bits per heavy atom. The Hall–Kier alpha value is -3.48. The number of fused-ring (bicyclic) bond motifs is 2. The number of amides is 1. The van der Waals surface area contributed by atoms with Gasteiger partial charge in [0.1, 0.15) is 5.56 Å². The van der Waals surface area contributed by atoms with Crippen molar-refractivity contribution in [3.05, 3.63) is 69.4 Å². The molecule has 0 fully saturated rings. The third kappa shape index (κ3) is 6.15. The molecule has 5 N–H and O–H groups in total. The number of nitrogens with one attached hydrogen (secondary N) is 1. The number of hydrogen-bond acceptors (Lipinski definition) is 7. The van der Waals surface area contributed by atoms with Gasteiger partial charge in [-0.25, -0.2) is 22.6 Å². The Kier molecular flexibility index (Phi) is 8.10. The molecule has 3 heterocycles. The first kappa shape index (κ1) is 26.1. The number of benzene rings is 1. The number of primary amides is 1. The highest BCUT2D eigenvalue weighted by Crippen LogP contribution is 2.21. The van der Waals surface area contributed by atoms with E-state index >= 15 is 0 Å². The summed E-state index contributed by atoms with van der Waals surface area (Å²) in [5.74, 6) is -0.516. The molecule has 11 nitrogen and oxygen atoms in total. The van der Waals surface area contributed by atoms with Gasteiger partial charge in [-0.2, -0.15) is 0 Å². The summed E-state index contributed by atoms with van der Waals surface area (Å²) in [5, 5.41) is 5.65. The number of carbonyl (C=O) groups is 1. The molecule has 4 rings (SSSR count). The van der Waals surface area contributed by atoms with Crippen molar-refractivity contribution in [2.75, 3.05) is 18.5 Å². The van der Waals surface area contributed by atoms with Crippen LogP contribution in [0, 0.1) is 0 Å². The van der Waals surface area contributed by atoms with Crippen LogP contribution in [0.2, 0.25) is 5.02 Å². The third-order valence-corrected chi connectivity index (χ3v) is 6.17. The van der Waals surface area contributed by atoms with Gasteiger partial charge in [0.15, 0.2) is 11.5 Å². The normalized spacial score (nSPS) is 11.4. The molecule has 0 saturated heterocycles. The molecule has 13 heteroatoms. The van der Waals surface area contributed by atoms with E-state index in [0.29, 0.717) is 35.6 Å². The highest BCUT2D eigenvalue weighted by molar-refractivity contribution is 7.88. The fraction of sp³-hybridized carbons (Fsp3) is 0.273. The lowest BCUT2D eigenvalue weighted by Gasteiger charge is -2.14. The molecule has 0 bridgehead atoms. The lowest BCUT2D eigenvalue weighted by Crippen LogP contribution is -2.28. The maximum Gasteiger partial charge on any atom is 0.260 e. The van der Waals surface area contributed by atoms with Crippen LogP contribution in [0.4, 0.5) is 5.82 Å². The van der Waals surface area contributed by atoms with Gasteiger partial charge in [0.05, 0.1) is 16.7 Å². The molecule has 35 heavy (non-hydrogen) atoms. The van der Waals surface area contributed by atoms with Crippen molar-refractivity contribution in [3.63, 3.8) is 0 Å². The van der Waals surface area contributed by atoms with E-state index in [0.717, 1.165) is 23.8 Å². The summed E-state index contributed by atoms with van der Waals surface area (Å²) >= 11 is 6.15. The molecule has 0 aliphatic carbocycles. The van der Waals surface area contributed by atoms with Crippen LogP contribution in [-0.4, -0.2) is 46.3 Å². The van der Waals surface area contributed by atoms with E-state index < -0.39 is 15.9 Å². The van der Waals surface area contributed by atoms with Crippen LogP contribution in [0.15, 0.2) is 47.5 Å². The van der Waals surface area contributed by atoms with E-state index in [4.69, 9.17) is 23.1 Å². The molecule has 0 radical (unpaired) electrons. The van der Waals surface area contributed by atoms with E-state index in [2.05, 4.69) is 14.8 Å². The van der Waals surface area contributed by atoms with Gasteiger partial charge in [0, 0.05) is 31.2 Å². The van der Waals surface area contributed by atoms with Crippen LogP contribution in [-0.2, 0) is 23.0 Å². The van der Waals surface area contributed by atoms with Crippen LogP contribution in [0.5, 0.6) is 0 Å². The van der Waals surface area contributed by atoms with E-state index in [1.807, 2.05) is 25.1 Å². The number of hydrogen-bond donors (Lipinski definition) is 3. The Morgan fingerprint density at radius 3 is 2.66 bits per heavy atom. The van der Waals surface area contributed by atoms with Gasteiger partial charge in [-0.3, -0.25) is 9.59 Å². The van der Waals surface area contributed by atoms with Gasteiger partial charge in [-0.15, -0.1) is 5.10 Å². The molecule has 0 unspecified atom stereocenters. The summed E-state index contributed by atoms with van der Waals surface area (Å²) in [6.07, 6.45) is 5.56. The summed E-state index contributed by atoms with van der Waals surface area (Å²) in [5.41, 5.74) is 11.9. The predicted molar refractivity (Wildman–Crippen MR) is 136 cm³/mol. The Morgan fingerprint density at radius 1 is 1.26 bits per heavy atom. The van der Waals surface area contributed by atoms with Gasteiger partial charge >= 0.3 is 0 Å². The van der Waals surface area contributed by atoms with Crippen LogP contribution < -0.4 is 21.7 Å². The summed E-state index contributed by atoms with van der Waals surface area (Å²) in [4.78, 5) is 27.5. The molecule has 0 spiro atoms. The number of anilines is 1. The van der Waals surface area contributed by atoms with Gasteiger partial charge in [0.25, 0.3) is 11.5 Å². The molecular formula is C22H26ClN7O4S. The van der Waals surface area contributed by atoms with Crippen molar-refractivity contribution < 1.29 is 13.2 Å². The number of nitrogens with zero attached hydrogens (tertiary/aromatic N) is 4. The van der Waals surface area contributed by atoms with Crippen molar-refractivity contribution in [3.8, 4) is 0 Å². The fourth-order valence-electron chi connectivity index (χ4n) is 3.58. The maximum atomic E-state index is 12.7. The Balaban J connectivity index is 0.000000223. The molecule has 3 aromatic heterocycles. The number of carbonyl (C=O) groups excluding carboxylic acids is 1. The maximum absolute atomic E-state index is 12.7. The molecule has 0 saturated carbocycles. The van der Waals surface area contributed by atoms with Crippen molar-refractivity contribution in [2.45, 2.75) is 26.3 Å². The number of rotatable bonds is 7. The first-order valence-electron chi connectivity index (χ1n) is 10.7. The van der Waals surface area contributed by atoms with Crippen molar-refractivity contribution in [1.82, 2.24) is 23.9 Å². The number of pyridine rings is 1. The van der Waals surface area contributed by atoms with Crippen LogP contribution >= 0.6 is 11.6 Å². The predicted octanol–water partition coefficient (Wildman–Crippen LogP) is 1.57. The monoisotopic (exact) mass is 519 g/mol. The number of nitrogens with two attached hydrogens (primary N) is 2. The smallest absolute Gasteiger partial charge is 0.260 e. The summed E-state index contributed by atoms with van der Waals surface area (Å²) in [7, 11) is -3.20. The van der Waals surface area contributed by atoms with Crippen molar-refractivity contribution in [2.24, 2.45) is 5.73 Å². The molecular weight excluding hydrogens is 494 g/mol. The minimum absolute atomic E-state index is 0.103. The lowest BCUT2D eigenvalue weighted by molar-refractivity contribution is 0.100. The minimum Gasteiger partial charge on any atom is -0.381 e.